The number of hydrogen-bond donors (Lipinski definition) is 0. The monoisotopic (exact) mass is 322 g/mol. The molecule has 1 aliphatic rings. The number of hydrogen-bond acceptors (Lipinski definition) is 3. The Kier molecular flexibility index (Phi) is 3.41. The summed E-state index contributed by atoms with van der Waals surface area (Å²) in [5.74, 6) is 0.948. The SMILES string of the molecule is COc1ccc2nc3c(cc2c1)CCN3C(=O)c1ccc(F)cc1. The zero-order valence-corrected chi connectivity index (χ0v) is 13.1. The van der Waals surface area contributed by atoms with Gasteiger partial charge in [0.25, 0.3) is 5.91 Å². The number of ether oxygens (including phenoxy) is 1. The summed E-state index contributed by atoms with van der Waals surface area (Å²) in [5, 5.41) is 0.990. The summed E-state index contributed by atoms with van der Waals surface area (Å²) in [5.41, 5.74) is 2.31. The molecule has 3 aromatic rings. The number of benzene rings is 2. The Morgan fingerprint density at radius 1 is 1.17 bits per heavy atom. The smallest absolute Gasteiger partial charge is 0.259 e. The Balaban J connectivity index is 1.74. The molecule has 0 radical (unpaired) electrons. The van der Waals surface area contributed by atoms with Crippen molar-refractivity contribution in [2.45, 2.75) is 6.42 Å². The second kappa shape index (κ2) is 5.60. The molecular formula is C19H15FN2O2. The lowest BCUT2D eigenvalue weighted by Gasteiger charge is -2.17. The van der Waals surface area contributed by atoms with E-state index in [0.29, 0.717) is 17.9 Å². The highest BCUT2D eigenvalue weighted by Crippen LogP contribution is 2.31. The van der Waals surface area contributed by atoms with Crippen LogP contribution in [0.15, 0.2) is 48.5 Å². The van der Waals surface area contributed by atoms with Crippen molar-refractivity contribution in [3.05, 3.63) is 65.5 Å². The predicted octanol–water partition coefficient (Wildman–Crippen LogP) is 3.59. The molecule has 1 aliphatic heterocycles. The van der Waals surface area contributed by atoms with Crippen molar-refractivity contribution in [1.82, 2.24) is 4.98 Å². The average molecular weight is 322 g/mol. The normalized spacial score (nSPS) is 13.2. The molecule has 0 N–H and O–H groups in total. The number of nitrogens with zero attached hydrogens (tertiary/aromatic N) is 2. The maximum atomic E-state index is 13.1. The first-order valence-electron chi connectivity index (χ1n) is 7.71. The van der Waals surface area contributed by atoms with E-state index in [1.807, 2.05) is 18.2 Å². The first kappa shape index (κ1) is 14.6. The standard InChI is InChI=1S/C19H15FN2O2/c1-24-16-6-7-17-14(11-16)10-13-8-9-22(18(13)21-17)19(23)12-2-4-15(20)5-3-12/h2-7,10-11H,8-9H2,1H3. The second-order valence-electron chi connectivity index (χ2n) is 5.74. The van der Waals surface area contributed by atoms with Crippen molar-refractivity contribution in [3.8, 4) is 5.75 Å². The van der Waals surface area contributed by atoms with Crippen molar-refractivity contribution in [1.29, 1.82) is 0 Å². The Labute approximate surface area is 138 Å². The van der Waals surface area contributed by atoms with Crippen LogP contribution in [-0.4, -0.2) is 24.5 Å². The highest BCUT2D eigenvalue weighted by Gasteiger charge is 2.27. The Bertz CT molecular complexity index is 938. The maximum Gasteiger partial charge on any atom is 0.259 e. The number of pyridine rings is 1. The number of anilines is 1. The van der Waals surface area contributed by atoms with Crippen molar-refractivity contribution in [2.24, 2.45) is 0 Å². The summed E-state index contributed by atoms with van der Waals surface area (Å²) in [6.45, 7) is 0.575. The Morgan fingerprint density at radius 3 is 2.71 bits per heavy atom. The molecule has 1 amide bonds. The highest BCUT2D eigenvalue weighted by molar-refractivity contribution is 6.07. The van der Waals surface area contributed by atoms with Gasteiger partial charge in [0.15, 0.2) is 0 Å². The van der Waals surface area contributed by atoms with Crippen LogP contribution < -0.4 is 9.64 Å². The van der Waals surface area contributed by atoms with Gasteiger partial charge in [0, 0.05) is 17.5 Å². The van der Waals surface area contributed by atoms with Crippen LogP contribution in [-0.2, 0) is 6.42 Å². The topological polar surface area (TPSA) is 42.4 Å². The third-order valence-corrected chi connectivity index (χ3v) is 4.27. The largest absolute Gasteiger partial charge is 0.497 e. The Morgan fingerprint density at radius 2 is 1.96 bits per heavy atom. The highest BCUT2D eigenvalue weighted by atomic mass is 19.1. The number of amides is 1. The lowest BCUT2D eigenvalue weighted by atomic mass is 10.1. The molecular weight excluding hydrogens is 307 g/mol. The second-order valence-corrected chi connectivity index (χ2v) is 5.74. The summed E-state index contributed by atoms with van der Waals surface area (Å²) >= 11 is 0. The summed E-state index contributed by atoms with van der Waals surface area (Å²) in [6.07, 6.45) is 0.752. The quantitative estimate of drug-likeness (QED) is 0.724. The summed E-state index contributed by atoms with van der Waals surface area (Å²) in [4.78, 5) is 19.0. The molecule has 2 heterocycles. The van der Waals surface area contributed by atoms with Gasteiger partial charge in [0.2, 0.25) is 0 Å². The number of aromatic nitrogens is 1. The van der Waals surface area contributed by atoms with E-state index < -0.39 is 0 Å². The fourth-order valence-corrected chi connectivity index (χ4v) is 3.02. The van der Waals surface area contributed by atoms with Gasteiger partial charge in [-0.25, -0.2) is 9.37 Å². The lowest BCUT2D eigenvalue weighted by Crippen LogP contribution is -2.29. The van der Waals surface area contributed by atoms with Crippen LogP contribution in [0.2, 0.25) is 0 Å². The van der Waals surface area contributed by atoms with Gasteiger partial charge in [-0.2, -0.15) is 0 Å². The molecule has 5 heteroatoms. The van der Waals surface area contributed by atoms with Gasteiger partial charge in [0.1, 0.15) is 17.4 Å². The zero-order valence-electron chi connectivity index (χ0n) is 13.1. The molecule has 0 fully saturated rings. The number of halogens is 1. The van der Waals surface area contributed by atoms with E-state index in [-0.39, 0.29) is 11.7 Å². The van der Waals surface area contributed by atoms with E-state index in [4.69, 9.17) is 4.74 Å². The third-order valence-electron chi connectivity index (χ3n) is 4.27. The molecule has 4 rings (SSSR count). The molecule has 24 heavy (non-hydrogen) atoms. The van der Waals surface area contributed by atoms with Gasteiger partial charge in [-0.05, 0) is 60.5 Å². The fraction of sp³-hybridized carbons (Fsp3) is 0.158. The summed E-state index contributed by atoms with van der Waals surface area (Å²) in [6, 6.07) is 13.3. The molecule has 0 aliphatic carbocycles. The van der Waals surface area contributed by atoms with E-state index in [1.54, 1.807) is 12.0 Å². The van der Waals surface area contributed by atoms with E-state index in [1.165, 1.54) is 24.3 Å². The molecule has 120 valence electrons. The summed E-state index contributed by atoms with van der Waals surface area (Å²) in [7, 11) is 1.63. The van der Waals surface area contributed by atoms with Crippen LogP contribution >= 0.6 is 0 Å². The van der Waals surface area contributed by atoms with Crippen molar-refractivity contribution >= 4 is 22.6 Å². The number of fused-ring (bicyclic) bond motifs is 2. The van der Waals surface area contributed by atoms with Crippen molar-refractivity contribution in [2.75, 3.05) is 18.6 Å². The number of rotatable bonds is 2. The van der Waals surface area contributed by atoms with Gasteiger partial charge < -0.3 is 4.74 Å². The number of carbonyl (C=O) groups is 1. The van der Waals surface area contributed by atoms with Gasteiger partial charge in [0.05, 0.1) is 12.6 Å². The minimum absolute atomic E-state index is 0.158. The van der Waals surface area contributed by atoms with Crippen LogP contribution in [0.1, 0.15) is 15.9 Å². The average Bonchev–Trinajstić information content (AvgIpc) is 3.02. The van der Waals surface area contributed by atoms with Crippen molar-refractivity contribution in [3.63, 3.8) is 0 Å². The lowest BCUT2D eigenvalue weighted by molar-refractivity contribution is 0.0988. The van der Waals surface area contributed by atoms with E-state index >= 15 is 0 Å². The van der Waals surface area contributed by atoms with Crippen LogP contribution in [0.25, 0.3) is 10.9 Å². The minimum atomic E-state index is -0.355. The predicted molar refractivity (Wildman–Crippen MR) is 90.1 cm³/mol. The maximum absolute atomic E-state index is 13.1. The third kappa shape index (κ3) is 2.38. The van der Waals surface area contributed by atoms with Crippen LogP contribution in [0, 0.1) is 5.82 Å². The first-order valence-corrected chi connectivity index (χ1v) is 7.71. The molecule has 0 atom stereocenters. The van der Waals surface area contributed by atoms with Gasteiger partial charge in [-0.3, -0.25) is 9.69 Å². The molecule has 0 saturated carbocycles. The molecule has 1 aromatic heterocycles. The molecule has 0 spiro atoms. The molecule has 0 saturated heterocycles. The number of carbonyl (C=O) groups excluding carboxylic acids is 1. The van der Waals surface area contributed by atoms with E-state index in [0.717, 1.165) is 28.6 Å². The van der Waals surface area contributed by atoms with E-state index in [2.05, 4.69) is 11.1 Å². The molecule has 0 bridgehead atoms. The number of methoxy groups -OCH3 is 1. The Hall–Kier alpha value is -2.95. The first-order chi connectivity index (χ1) is 11.7. The van der Waals surface area contributed by atoms with Gasteiger partial charge in [-0.15, -0.1) is 0 Å². The molecule has 4 nitrogen and oxygen atoms in total. The van der Waals surface area contributed by atoms with Crippen molar-refractivity contribution < 1.29 is 13.9 Å². The molecule has 2 aromatic carbocycles. The minimum Gasteiger partial charge on any atom is -0.497 e. The van der Waals surface area contributed by atoms with Crippen LogP contribution in [0.3, 0.4) is 0 Å². The van der Waals surface area contributed by atoms with Gasteiger partial charge >= 0.3 is 0 Å². The van der Waals surface area contributed by atoms with E-state index in [9.17, 15) is 9.18 Å². The van der Waals surface area contributed by atoms with Crippen LogP contribution in [0.5, 0.6) is 5.75 Å². The van der Waals surface area contributed by atoms with Crippen LogP contribution in [0.4, 0.5) is 10.2 Å². The van der Waals surface area contributed by atoms with Gasteiger partial charge in [-0.1, -0.05) is 0 Å². The fourth-order valence-electron chi connectivity index (χ4n) is 3.02. The zero-order chi connectivity index (χ0) is 16.7. The molecule has 0 unspecified atom stereocenters. The summed E-state index contributed by atoms with van der Waals surface area (Å²) < 4.78 is 18.3.